The quantitative estimate of drug-likeness (QED) is 0.400. The lowest BCUT2D eigenvalue weighted by Gasteiger charge is -2.39. The monoisotopic (exact) mass is 301 g/mol. The van der Waals surface area contributed by atoms with Gasteiger partial charge in [-0.2, -0.15) is 0 Å². The molecular weight excluding hydrogens is 286 g/mol. The summed E-state index contributed by atoms with van der Waals surface area (Å²) in [7, 11) is 0. The fourth-order valence-electron chi connectivity index (χ4n) is 2.02. The third-order valence-corrected chi connectivity index (χ3v) is 3.16. The summed E-state index contributed by atoms with van der Waals surface area (Å²) in [5.41, 5.74) is -0.128. The van der Waals surface area contributed by atoms with Gasteiger partial charge in [-0.05, 0) is 12.1 Å². The van der Waals surface area contributed by atoms with Crippen molar-refractivity contribution in [3.63, 3.8) is 0 Å². The van der Waals surface area contributed by atoms with Crippen LogP contribution in [-0.4, -0.2) is 62.7 Å². The highest BCUT2D eigenvalue weighted by atomic mass is 16.7. The Hall–Kier alpha value is -1.78. The summed E-state index contributed by atoms with van der Waals surface area (Å²) in [5, 5.41) is 48.5. The number of ether oxygens (including phenoxy) is 2. The topological polar surface area (TPSA) is 143 Å². The Bertz CT molecular complexity index is 491. The third-order valence-electron chi connectivity index (χ3n) is 3.16. The number of aliphatic hydroxyl groups excluding tert-OH is 4. The summed E-state index contributed by atoms with van der Waals surface area (Å²) < 4.78 is 10.3. The van der Waals surface area contributed by atoms with Gasteiger partial charge in [0.1, 0.15) is 24.1 Å². The third kappa shape index (κ3) is 3.28. The smallest absolute Gasteiger partial charge is 0.269 e. The lowest BCUT2D eigenvalue weighted by Crippen LogP contribution is -2.60. The van der Waals surface area contributed by atoms with E-state index in [0.717, 1.165) is 0 Å². The predicted octanol–water partition coefficient (Wildman–Crippen LogP) is -1.23. The average Bonchev–Trinajstić information content (AvgIpc) is 2.48. The lowest BCUT2D eigenvalue weighted by atomic mass is 9.99. The fraction of sp³-hybridized carbons (Fsp3) is 0.500. The van der Waals surface area contributed by atoms with Crippen molar-refractivity contribution in [3.05, 3.63) is 34.4 Å². The molecule has 1 fully saturated rings. The molecule has 1 aliphatic rings. The SMILES string of the molecule is O=[N+]([O-])c1ccc(O[C@@H]2[C@H](O)[C@@H](O)[C@@H](O)O[C@@H]2CO)cc1. The zero-order chi connectivity index (χ0) is 15.6. The number of nitrogens with zero attached hydrogens (tertiary/aromatic N) is 1. The maximum Gasteiger partial charge on any atom is 0.269 e. The van der Waals surface area contributed by atoms with E-state index in [2.05, 4.69) is 0 Å². The number of benzene rings is 1. The van der Waals surface area contributed by atoms with Crippen LogP contribution in [0.5, 0.6) is 5.75 Å². The molecule has 9 heteroatoms. The molecule has 1 heterocycles. The van der Waals surface area contributed by atoms with Crippen molar-refractivity contribution >= 4 is 5.69 Å². The zero-order valence-electron chi connectivity index (χ0n) is 10.8. The van der Waals surface area contributed by atoms with E-state index >= 15 is 0 Å². The first kappa shape index (κ1) is 15.6. The molecule has 1 aromatic rings. The number of aliphatic hydroxyl groups is 4. The maximum absolute atomic E-state index is 10.5. The summed E-state index contributed by atoms with van der Waals surface area (Å²) >= 11 is 0. The Labute approximate surface area is 119 Å². The second-order valence-corrected chi connectivity index (χ2v) is 4.56. The van der Waals surface area contributed by atoms with Gasteiger partial charge in [-0.3, -0.25) is 10.1 Å². The lowest BCUT2D eigenvalue weighted by molar-refractivity contribution is -0.384. The van der Waals surface area contributed by atoms with Crippen LogP contribution >= 0.6 is 0 Å². The predicted molar refractivity (Wildman–Crippen MR) is 67.5 cm³/mol. The average molecular weight is 301 g/mol. The summed E-state index contributed by atoms with van der Waals surface area (Å²) in [6, 6.07) is 5.06. The van der Waals surface area contributed by atoms with Gasteiger partial charge in [0.15, 0.2) is 12.4 Å². The molecule has 1 aromatic carbocycles. The molecule has 0 saturated carbocycles. The number of hydrogen-bond acceptors (Lipinski definition) is 8. The molecule has 0 amide bonds. The van der Waals surface area contributed by atoms with Gasteiger partial charge in [0.05, 0.1) is 11.5 Å². The fourth-order valence-corrected chi connectivity index (χ4v) is 2.02. The van der Waals surface area contributed by atoms with E-state index in [1.165, 1.54) is 24.3 Å². The summed E-state index contributed by atoms with van der Waals surface area (Å²) in [6.07, 6.45) is -6.88. The Kier molecular flexibility index (Phi) is 4.70. The Morgan fingerprint density at radius 3 is 2.33 bits per heavy atom. The van der Waals surface area contributed by atoms with Crippen molar-refractivity contribution in [1.29, 1.82) is 0 Å². The molecule has 0 unspecified atom stereocenters. The van der Waals surface area contributed by atoms with E-state index in [-0.39, 0.29) is 11.4 Å². The van der Waals surface area contributed by atoms with Crippen LogP contribution < -0.4 is 4.74 Å². The van der Waals surface area contributed by atoms with Crippen LogP contribution in [0, 0.1) is 10.1 Å². The van der Waals surface area contributed by atoms with E-state index < -0.39 is 42.2 Å². The highest BCUT2D eigenvalue weighted by molar-refractivity contribution is 5.36. The first-order chi connectivity index (χ1) is 9.93. The van der Waals surface area contributed by atoms with Crippen LogP contribution in [0.25, 0.3) is 0 Å². The molecule has 116 valence electrons. The summed E-state index contributed by atoms with van der Waals surface area (Å²) in [6.45, 7) is -0.543. The minimum Gasteiger partial charge on any atom is -0.485 e. The van der Waals surface area contributed by atoms with Crippen molar-refractivity contribution in [2.24, 2.45) is 0 Å². The van der Waals surface area contributed by atoms with Crippen LogP contribution in [0.3, 0.4) is 0 Å². The zero-order valence-corrected chi connectivity index (χ0v) is 10.8. The van der Waals surface area contributed by atoms with Crippen LogP contribution in [0.4, 0.5) is 5.69 Å². The molecule has 1 saturated heterocycles. The number of nitro groups is 1. The number of rotatable bonds is 4. The molecule has 0 bridgehead atoms. The van der Waals surface area contributed by atoms with Crippen LogP contribution in [0.15, 0.2) is 24.3 Å². The molecule has 0 aromatic heterocycles. The number of non-ortho nitro benzene ring substituents is 1. The summed E-state index contributed by atoms with van der Waals surface area (Å²) in [4.78, 5) is 9.97. The molecule has 0 aliphatic carbocycles. The highest BCUT2D eigenvalue weighted by Gasteiger charge is 2.45. The van der Waals surface area contributed by atoms with Gasteiger partial charge in [-0.1, -0.05) is 0 Å². The van der Waals surface area contributed by atoms with Crippen LogP contribution in [0.2, 0.25) is 0 Å². The van der Waals surface area contributed by atoms with E-state index in [1.54, 1.807) is 0 Å². The van der Waals surface area contributed by atoms with E-state index in [0.29, 0.717) is 0 Å². The standard InChI is InChI=1S/C12H15NO8/c14-5-8-11(9(15)10(16)12(17)21-8)20-7-3-1-6(2-4-7)13(18)19/h1-4,8-12,14-17H,5H2/t8-,9-,10-,11+,12+/m1/s1. The Morgan fingerprint density at radius 1 is 1.19 bits per heavy atom. The van der Waals surface area contributed by atoms with Gasteiger partial charge in [-0.15, -0.1) is 0 Å². The van der Waals surface area contributed by atoms with Crippen molar-refractivity contribution in [3.8, 4) is 5.75 Å². The molecule has 0 radical (unpaired) electrons. The van der Waals surface area contributed by atoms with E-state index in [4.69, 9.17) is 9.47 Å². The number of hydrogen-bond donors (Lipinski definition) is 4. The van der Waals surface area contributed by atoms with Gasteiger partial charge < -0.3 is 29.9 Å². The largest absolute Gasteiger partial charge is 0.485 e. The van der Waals surface area contributed by atoms with Gasteiger partial charge in [-0.25, -0.2) is 0 Å². The molecule has 0 spiro atoms. The second kappa shape index (κ2) is 6.33. The van der Waals surface area contributed by atoms with E-state index in [1.807, 2.05) is 0 Å². The highest BCUT2D eigenvalue weighted by Crippen LogP contribution is 2.26. The molecule has 2 rings (SSSR count). The minimum atomic E-state index is -1.63. The van der Waals surface area contributed by atoms with Crippen molar-refractivity contribution in [2.45, 2.75) is 30.7 Å². The Balaban J connectivity index is 2.13. The molecule has 21 heavy (non-hydrogen) atoms. The maximum atomic E-state index is 10.5. The van der Waals surface area contributed by atoms with Crippen molar-refractivity contribution < 1.29 is 34.8 Å². The molecule has 9 nitrogen and oxygen atoms in total. The van der Waals surface area contributed by atoms with Crippen molar-refractivity contribution in [1.82, 2.24) is 0 Å². The first-order valence-electron chi connectivity index (χ1n) is 6.15. The Morgan fingerprint density at radius 2 is 1.81 bits per heavy atom. The molecular formula is C12H15NO8. The molecule has 1 aliphatic heterocycles. The normalized spacial score (nSPS) is 32.7. The van der Waals surface area contributed by atoms with Gasteiger partial charge in [0.25, 0.3) is 5.69 Å². The summed E-state index contributed by atoms with van der Waals surface area (Å²) in [5.74, 6) is 0.190. The van der Waals surface area contributed by atoms with Gasteiger partial charge in [0, 0.05) is 12.1 Å². The minimum absolute atomic E-state index is 0.128. The van der Waals surface area contributed by atoms with E-state index in [9.17, 15) is 30.5 Å². The molecule has 5 atom stereocenters. The van der Waals surface area contributed by atoms with Gasteiger partial charge in [0.2, 0.25) is 0 Å². The van der Waals surface area contributed by atoms with Crippen LogP contribution in [0.1, 0.15) is 0 Å². The molecule has 4 N–H and O–H groups in total. The second-order valence-electron chi connectivity index (χ2n) is 4.56. The van der Waals surface area contributed by atoms with Crippen molar-refractivity contribution in [2.75, 3.05) is 6.61 Å². The first-order valence-corrected chi connectivity index (χ1v) is 6.15. The van der Waals surface area contributed by atoms with Crippen LogP contribution in [-0.2, 0) is 4.74 Å². The van der Waals surface area contributed by atoms with Gasteiger partial charge >= 0.3 is 0 Å². The number of nitro benzene ring substituents is 1.